The summed E-state index contributed by atoms with van der Waals surface area (Å²) >= 11 is 0. The summed E-state index contributed by atoms with van der Waals surface area (Å²) in [5.74, 6) is -0.245. The third-order valence-corrected chi connectivity index (χ3v) is 3.68. The summed E-state index contributed by atoms with van der Waals surface area (Å²) in [5, 5.41) is 2.52. The standard InChI is InChI=1S/C18H15FN2O3/c1-24-14-8-6-12(7-9-14)10-16-17(22)21(18(23)20-16)11-13-4-2-3-5-15(13)19/h2-10H,11H2,1H3,(H,20,23)/b16-10+. The van der Waals surface area contributed by atoms with Crippen molar-refractivity contribution in [3.63, 3.8) is 0 Å². The van der Waals surface area contributed by atoms with Crippen LogP contribution in [-0.4, -0.2) is 23.9 Å². The molecule has 0 unspecified atom stereocenters. The highest BCUT2D eigenvalue weighted by atomic mass is 19.1. The number of imide groups is 1. The lowest BCUT2D eigenvalue weighted by Gasteiger charge is -2.12. The van der Waals surface area contributed by atoms with Gasteiger partial charge in [-0.1, -0.05) is 30.3 Å². The van der Waals surface area contributed by atoms with Gasteiger partial charge in [0.05, 0.1) is 13.7 Å². The summed E-state index contributed by atoms with van der Waals surface area (Å²) in [5.41, 5.74) is 1.18. The van der Waals surface area contributed by atoms with E-state index in [9.17, 15) is 14.0 Å². The minimum atomic E-state index is -0.567. The number of ether oxygens (including phenoxy) is 1. The Morgan fingerprint density at radius 1 is 1.12 bits per heavy atom. The highest BCUT2D eigenvalue weighted by molar-refractivity contribution is 6.13. The monoisotopic (exact) mass is 326 g/mol. The number of hydrogen-bond acceptors (Lipinski definition) is 3. The summed E-state index contributed by atoms with van der Waals surface area (Å²) in [4.78, 5) is 25.4. The van der Waals surface area contributed by atoms with Crippen LogP contribution in [-0.2, 0) is 11.3 Å². The molecule has 0 saturated carbocycles. The molecule has 1 N–H and O–H groups in total. The smallest absolute Gasteiger partial charge is 0.329 e. The van der Waals surface area contributed by atoms with Gasteiger partial charge in [0.2, 0.25) is 0 Å². The number of nitrogens with one attached hydrogen (secondary N) is 1. The maximum Gasteiger partial charge on any atom is 0.329 e. The zero-order chi connectivity index (χ0) is 17.1. The number of urea groups is 1. The lowest BCUT2D eigenvalue weighted by atomic mass is 10.1. The van der Waals surface area contributed by atoms with Crippen LogP contribution in [0.15, 0.2) is 54.2 Å². The van der Waals surface area contributed by atoms with E-state index >= 15 is 0 Å². The highest BCUT2D eigenvalue weighted by Gasteiger charge is 2.33. The molecule has 0 bridgehead atoms. The maximum atomic E-state index is 13.7. The van der Waals surface area contributed by atoms with Crippen molar-refractivity contribution < 1.29 is 18.7 Å². The quantitative estimate of drug-likeness (QED) is 0.694. The Morgan fingerprint density at radius 3 is 2.50 bits per heavy atom. The second-order valence-electron chi connectivity index (χ2n) is 5.24. The van der Waals surface area contributed by atoms with Crippen molar-refractivity contribution in [3.05, 3.63) is 71.2 Å². The van der Waals surface area contributed by atoms with Crippen molar-refractivity contribution in [2.45, 2.75) is 6.54 Å². The third kappa shape index (κ3) is 3.12. The van der Waals surface area contributed by atoms with Gasteiger partial charge in [0.25, 0.3) is 5.91 Å². The molecule has 0 radical (unpaired) electrons. The second-order valence-corrected chi connectivity index (χ2v) is 5.24. The molecule has 1 aliphatic rings. The fourth-order valence-electron chi connectivity index (χ4n) is 2.38. The molecule has 0 atom stereocenters. The van der Waals surface area contributed by atoms with Crippen LogP contribution in [0.1, 0.15) is 11.1 Å². The molecular weight excluding hydrogens is 311 g/mol. The van der Waals surface area contributed by atoms with E-state index in [1.54, 1.807) is 55.7 Å². The molecule has 24 heavy (non-hydrogen) atoms. The van der Waals surface area contributed by atoms with E-state index in [0.717, 1.165) is 10.5 Å². The topological polar surface area (TPSA) is 58.6 Å². The van der Waals surface area contributed by atoms with Crippen LogP contribution in [0, 0.1) is 5.82 Å². The zero-order valence-corrected chi connectivity index (χ0v) is 13.0. The van der Waals surface area contributed by atoms with E-state index in [-0.39, 0.29) is 17.8 Å². The SMILES string of the molecule is COc1ccc(/C=C2/NC(=O)N(Cc3ccccc3F)C2=O)cc1. The first-order valence-electron chi connectivity index (χ1n) is 7.30. The number of rotatable bonds is 4. The summed E-state index contributed by atoms with van der Waals surface area (Å²) in [6.45, 7) is -0.114. The van der Waals surface area contributed by atoms with Gasteiger partial charge < -0.3 is 10.1 Å². The van der Waals surface area contributed by atoms with Crippen molar-refractivity contribution in [3.8, 4) is 5.75 Å². The molecule has 6 heteroatoms. The van der Waals surface area contributed by atoms with Gasteiger partial charge in [-0.25, -0.2) is 9.18 Å². The van der Waals surface area contributed by atoms with Crippen molar-refractivity contribution in [1.82, 2.24) is 10.2 Å². The fraction of sp³-hybridized carbons (Fsp3) is 0.111. The summed E-state index contributed by atoms with van der Waals surface area (Å²) in [6.07, 6.45) is 1.57. The fourth-order valence-corrected chi connectivity index (χ4v) is 2.38. The summed E-state index contributed by atoms with van der Waals surface area (Å²) in [6, 6.07) is 12.5. The van der Waals surface area contributed by atoms with Crippen molar-refractivity contribution in [1.29, 1.82) is 0 Å². The van der Waals surface area contributed by atoms with E-state index in [0.29, 0.717) is 5.75 Å². The molecule has 0 spiro atoms. The number of nitrogens with zero attached hydrogens (tertiary/aromatic N) is 1. The van der Waals surface area contributed by atoms with E-state index in [4.69, 9.17) is 4.74 Å². The Labute approximate surface area is 138 Å². The normalized spacial score (nSPS) is 15.8. The number of hydrogen-bond donors (Lipinski definition) is 1. The molecule has 122 valence electrons. The molecular formula is C18H15FN2O3. The molecule has 0 aromatic heterocycles. The number of halogens is 1. The van der Waals surface area contributed by atoms with Crippen LogP contribution in [0.25, 0.3) is 6.08 Å². The Kier molecular flexibility index (Phi) is 4.29. The summed E-state index contributed by atoms with van der Waals surface area (Å²) in [7, 11) is 1.56. The lowest BCUT2D eigenvalue weighted by molar-refractivity contribution is -0.123. The Bertz CT molecular complexity index is 815. The third-order valence-electron chi connectivity index (χ3n) is 3.68. The molecule has 1 saturated heterocycles. The van der Waals surface area contributed by atoms with Gasteiger partial charge in [-0.15, -0.1) is 0 Å². The average Bonchev–Trinajstić information content (AvgIpc) is 2.85. The number of amides is 3. The lowest BCUT2D eigenvalue weighted by Crippen LogP contribution is -2.30. The van der Waals surface area contributed by atoms with Crippen LogP contribution in [0.4, 0.5) is 9.18 Å². The van der Waals surface area contributed by atoms with Crippen LogP contribution in [0.2, 0.25) is 0 Å². The predicted octanol–water partition coefficient (Wildman–Crippen LogP) is 2.93. The first-order chi connectivity index (χ1) is 11.6. The van der Waals surface area contributed by atoms with Gasteiger partial charge in [0.15, 0.2) is 0 Å². The molecule has 1 heterocycles. The van der Waals surface area contributed by atoms with Crippen LogP contribution in [0.3, 0.4) is 0 Å². The van der Waals surface area contributed by atoms with Gasteiger partial charge in [-0.2, -0.15) is 0 Å². The van der Waals surface area contributed by atoms with E-state index in [1.165, 1.54) is 6.07 Å². The minimum Gasteiger partial charge on any atom is -0.497 e. The first-order valence-corrected chi connectivity index (χ1v) is 7.30. The largest absolute Gasteiger partial charge is 0.497 e. The first kappa shape index (κ1) is 15.7. The van der Waals surface area contributed by atoms with E-state index < -0.39 is 17.8 Å². The molecule has 3 rings (SSSR count). The Hall–Kier alpha value is -3.15. The van der Waals surface area contributed by atoms with Gasteiger partial charge in [-0.3, -0.25) is 9.69 Å². The number of methoxy groups -OCH3 is 1. The molecule has 2 aromatic rings. The van der Waals surface area contributed by atoms with Crippen molar-refractivity contribution in [2.24, 2.45) is 0 Å². The minimum absolute atomic E-state index is 0.114. The molecule has 0 aliphatic carbocycles. The van der Waals surface area contributed by atoms with Gasteiger partial charge in [0, 0.05) is 5.56 Å². The molecule has 2 aromatic carbocycles. The molecule has 1 fully saturated rings. The second kappa shape index (κ2) is 6.54. The molecule has 3 amide bonds. The van der Waals surface area contributed by atoms with Crippen LogP contribution in [0.5, 0.6) is 5.75 Å². The molecule has 1 aliphatic heterocycles. The van der Waals surface area contributed by atoms with Gasteiger partial charge >= 0.3 is 6.03 Å². The number of carbonyl (C=O) groups excluding carboxylic acids is 2. The van der Waals surface area contributed by atoms with Crippen LogP contribution >= 0.6 is 0 Å². The van der Waals surface area contributed by atoms with Crippen molar-refractivity contribution in [2.75, 3.05) is 7.11 Å². The Balaban J connectivity index is 1.80. The van der Waals surface area contributed by atoms with Gasteiger partial charge in [0.1, 0.15) is 17.3 Å². The Morgan fingerprint density at radius 2 is 1.83 bits per heavy atom. The van der Waals surface area contributed by atoms with Gasteiger partial charge in [-0.05, 0) is 29.8 Å². The van der Waals surface area contributed by atoms with E-state index in [2.05, 4.69) is 5.32 Å². The zero-order valence-electron chi connectivity index (χ0n) is 13.0. The predicted molar refractivity (Wildman–Crippen MR) is 86.5 cm³/mol. The molecule has 5 nitrogen and oxygen atoms in total. The number of carbonyl (C=O) groups is 2. The maximum absolute atomic E-state index is 13.7. The van der Waals surface area contributed by atoms with E-state index in [1.807, 2.05) is 0 Å². The highest BCUT2D eigenvalue weighted by Crippen LogP contribution is 2.19. The average molecular weight is 326 g/mol. The summed E-state index contributed by atoms with van der Waals surface area (Å²) < 4.78 is 18.8. The van der Waals surface area contributed by atoms with Crippen molar-refractivity contribution >= 4 is 18.0 Å². The van der Waals surface area contributed by atoms with Crippen LogP contribution < -0.4 is 10.1 Å². The number of benzene rings is 2.